The zero-order chi connectivity index (χ0) is 19.0. The number of aliphatic hydroxyl groups is 1. The van der Waals surface area contributed by atoms with E-state index in [1.807, 2.05) is 23.1 Å². The second-order valence-corrected chi connectivity index (χ2v) is 6.44. The van der Waals surface area contributed by atoms with Crippen molar-refractivity contribution >= 4 is 40.2 Å². The Morgan fingerprint density at radius 2 is 2.00 bits per heavy atom. The normalized spacial score (nSPS) is 15.8. The van der Waals surface area contributed by atoms with Gasteiger partial charge in [0.2, 0.25) is 0 Å². The Balaban J connectivity index is 1.93. The maximum absolute atomic E-state index is 11.3. The summed E-state index contributed by atoms with van der Waals surface area (Å²) in [4.78, 5) is 17.4. The summed E-state index contributed by atoms with van der Waals surface area (Å²) in [5.41, 5.74) is 3.00. The predicted octanol–water partition coefficient (Wildman–Crippen LogP) is 2.67. The summed E-state index contributed by atoms with van der Waals surface area (Å²) < 4.78 is 0. The van der Waals surface area contributed by atoms with Gasteiger partial charge in [-0.05, 0) is 12.1 Å². The minimum Gasteiger partial charge on any atom is -0.390 e. The van der Waals surface area contributed by atoms with E-state index in [-0.39, 0.29) is 18.8 Å². The van der Waals surface area contributed by atoms with E-state index in [9.17, 15) is 15.2 Å². The number of rotatable bonds is 3. The smallest absolute Gasteiger partial charge is 0.270 e. The van der Waals surface area contributed by atoms with Crippen LogP contribution < -0.4 is 4.90 Å². The molecule has 0 spiro atoms. The first-order chi connectivity index (χ1) is 13.1. The summed E-state index contributed by atoms with van der Waals surface area (Å²) in [7, 11) is 0. The minimum absolute atomic E-state index is 0.0399. The highest BCUT2D eigenvalue weighted by Crippen LogP contribution is 2.33. The molecule has 2 heterocycles. The van der Waals surface area contributed by atoms with Gasteiger partial charge in [0.1, 0.15) is 0 Å². The zero-order valence-corrected chi connectivity index (χ0v) is 14.8. The Hall–Kier alpha value is -3.10. The van der Waals surface area contributed by atoms with Crippen molar-refractivity contribution in [3.05, 3.63) is 68.7 Å². The lowest BCUT2D eigenvalue weighted by Crippen LogP contribution is -2.40. The van der Waals surface area contributed by atoms with Gasteiger partial charge in [0.25, 0.3) is 5.69 Å². The van der Waals surface area contributed by atoms with Crippen molar-refractivity contribution < 1.29 is 10.0 Å². The van der Waals surface area contributed by atoms with Crippen LogP contribution in [0.2, 0.25) is 5.02 Å². The molecule has 0 saturated carbocycles. The van der Waals surface area contributed by atoms with Gasteiger partial charge in [0.05, 0.1) is 41.7 Å². The number of fused-ring (bicyclic) bond motifs is 3. The number of hydrogen-bond acceptors (Lipinski definition) is 7. The number of nitro benzene ring substituents is 1. The Labute approximate surface area is 159 Å². The van der Waals surface area contributed by atoms with Crippen molar-refractivity contribution in [2.75, 3.05) is 24.6 Å². The molecule has 2 aromatic rings. The van der Waals surface area contributed by atoms with Crippen LogP contribution in [0.15, 0.2) is 57.7 Å². The Bertz CT molecular complexity index is 1030. The van der Waals surface area contributed by atoms with Crippen LogP contribution >= 0.6 is 11.6 Å². The molecule has 4 rings (SSSR count). The van der Waals surface area contributed by atoms with Gasteiger partial charge in [0, 0.05) is 28.3 Å². The van der Waals surface area contributed by atoms with Crippen molar-refractivity contribution in [1.29, 1.82) is 0 Å². The first kappa shape index (κ1) is 17.3. The minimum atomic E-state index is -0.443. The van der Waals surface area contributed by atoms with Crippen LogP contribution in [0, 0.1) is 10.1 Å². The van der Waals surface area contributed by atoms with E-state index in [4.69, 9.17) is 11.6 Å². The van der Waals surface area contributed by atoms with Crippen molar-refractivity contribution in [2.24, 2.45) is 15.2 Å². The molecular weight excluding hydrogens is 370 g/mol. The highest BCUT2D eigenvalue weighted by molar-refractivity contribution is 6.36. The molecule has 27 heavy (non-hydrogen) atoms. The molecular formula is C18H14ClN5O3. The fourth-order valence-corrected chi connectivity index (χ4v) is 3.32. The molecule has 0 radical (unpaired) electrons. The molecule has 9 heteroatoms. The van der Waals surface area contributed by atoms with Crippen LogP contribution in [0.1, 0.15) is 11.1 Å². The quantitative estimate of drug-likeness (QED) is 0.649. The molecule has 136 valence electrons. The first-order valence-electron chi connectivity index (χ1n) is 8.17. The SMILES string of the molecule is O=[N+]([O-])c1ccc2c(c1)C(c1ccccc1Cl)=NCC1=NN=C(CO)CN12. The maximum Gasteiger partial charge on any atom is 0.270 e. The third-order valence-electron chi connectivity index (χ3n) is 4.39. The van der Waals surface area contributed by atoms with Gasteiger partial charge in [-0.3, -0.25) is 15.1 Å². The van der Waals surface area contributed by atoms with Gasteiger partial charge in [-0.2, -0.15) is 5.10 Å². The van der Waals surface area contributed by atoms with Crippen molar-refractivity contribution in [2.45, 2.75) is 0 Å². The summed E-state index contributed by atoms with van der Waals surface area (Å²) in [6, 6.07) is 11.8. The Morgan fingerprint density at radius 3 is 2.74 bits per heavy atom. The molecule has 8 nitrogen and oxygen atoms in total. The Kier molecular flexibility index (Phi) is 4.43. The van der Waals surface area contributed by atoms with Gasteiger partial charge in [-0.15, -0.1) is 5.10 Å². The number of nitrogens with zero attached hydrogens (tertiary/aromatic N) is 5. The van der Waals surface area contributed by atoms with Gasteiger partial charge >= 0.3 is 0 Å². The fraction of sp³-hybridized carbons (Fsp3) is 0.167. The number of anilines is 1. The zero-order valence-electron chi connectivity index (χ0n) is 14.0. The number of amidine groups is 1. The van der Waals surface area contributed by atoms with Crippen LogP contribution in [0.3, 0.4) is 0 Å². The predicted molar refractivity (Wildman–Crippen MR) is 104 cm³/mol. The standard InChI is InChI=1S/C18H14ClN5O3/c19-15-4-2-1-3-13(15)18-14-7-12(24(26)27)5-6-16(14)23-9-11(10-25)21-22-17(23)8-20-18/h1-7,25H,8-10H2. The van der Waals surface area contributed by atoms with Crippen LogP contribution in [-0.4, -0.2) is 47.0 Å². The number of nitro groups is 1. The van der Waals surface area contributed by atoms with Crippen LogP contribution in [0.25, 0.3) is 0 Å². The molecule has 0 aliphatic carbocycles. The molecule has 0 bridgehead atoms. The summed E-state index contributed by atoms with van der Waals surface area (Å²) in [5, 5.41) is 29.4. The van der Waals surface area contributed by atoms with Crippen LogP contribution in [0.4, 0.5) is 11.4 Å². The summed E-state index contributed by atoms with van der Waals surface area (Å²) in [5.74, 6) is 0.601. The van der Waals surface area contributed by atoms with Gasteiger partial charge in [-0.25, -0.2) is 0 Å². The van der Waals surface area contributed by atoms with E-state index in [1.165, 1.54) is 12.1 Å². The summed E-state index contributed by atoms with van der Waals surface area (Å²) in [6.07, 6.45) is 0. The average molecular weight is 384 g/mol. The van der Waals surface area contributed by atoms with E-state index in [2.05, 4.69) is 15.2 Å². The van der Waals surface area contributed by atoms with Gasteiger partial charge in [-0.1, -0.05) is 29.8 Å². The number of hydrogen-bond donors (Lipinski definition) is 1. The molecule has 1 N–H and O–H groups in total. The molecule has 0 unspecified atom stereocenters. The third kappa shape index (κ3) is 3.09. The molecule has 0 aromatic heterocycles. The molecule has 0 amide bonds. The maximum atomic E-state index is 11.3. The number of aliphatic imine (C=N–C) groups is 1. The van der Waals surface area contributed by atoms with Gasteiger partial charge in [0.15, 0.2) is 5.84 Å². The molecule has 2 aliphatic heterocycles. The lowest BCUT2D eigenvalue weighted by molar-refractivity contribution is -0.384. The highest BCUT2D eigenvalue weighted by atomic mass is 35.5. The van der Waals surface area contributed by atoms with Crippen molar-refractivity contribution in [3.8, 4) is 0 Å². The molecule has 0 fully saturated rings. The monoisotopic (exact) mass is 383 g/mol. The van der Waals surface area contributed by atoms with Crippen molar-refractivity contribution in [1.82, 2.24) is 0 Å². The van der Waals surface area contributed by atoms with Crippen LogP contribution in [-0.2, 0) is 0 Å². The first-order valence-corrected chi connectivity index (χ1v) is 8.55. The van der Waals surface area contributed by atoms with E-state index in [1.54, 1.807) is 12.1 Å². The van der Waals surface area contributed by atoms with E-state index in [0.29, 0.717) is 45.6 Å². The fourth-order valence-electron chi connectivity index (χ4n) is 3.09. The molecule has 0 saturated heterocycles. The largest absolute Gasteiger partial charge is 0.390 e. The number of halogens is 1. The third-order valence-corrected chi connectivity index (χ3v) is 4.72. The second kappa shape index (κ2) is 6.90. The van der Waals surface area contributed by atoms with Crippen LogP contribution in [0.5, 0.6) is 0 Å². The van der Waals surface area contributed by atoms with E-state index >= 15 is 0 Å². The highest BCUT2D eigenvalue weighted by Gasteiger charge is 2.29. The average Bonchev–Trinajstić information content (AvgIpc) is 2.84. The summed E-state index contributed by atoms with van der Waals surface area (Å²) in [6.45, 7) is 0.366. The van der Waals surface area contributed by atoms with E-state index in [0.717, 1.165) is 0 Å². The molecule has 2 aromatic carbocycles. The lowest BCUT2D eigenvalue weighted by atomic mass is 9.99. The molecule has 0 atom stereocenters. The van der Waals surface area contributed by atoms with E-state index < -0.39 is 4.92 Å². The second-order valence-electron chi connectivity index (χ2n) is 6.03. The number of aliphatic hydroxyl groups excluding tert-OH is 1. The van der Waals surface area contributed by atoms with Gasteiger partial charge < -0.3 is 10.0 Å². The lowest BCUT2D eigenvalue weighted by Gasteiger charge is -2.27. The molecule has 2 aliphatic rings. The summed E-state index contributed by atoms with van der Waals surface area (Å²) >= 11 is 6.36. The Morgan fingerprint density at radius 1 is 1.19 bits per heavy atom. The van der Waals surface area contributed by atoms with Crippen molar-refractivity contribution in [3.63, 3.8) is 0 Å². The number of benzene rings is 2. The topological polar surface area (TPSA) is 104 Å². The number of non-ortho nitro benzene ring substituents is 1.